The van der Waals surface area contributed by atoms with E-state index < -0.39 is 17.1 Å². The van der Waals surface area contributed by atoms with Crippen molar-refractivity contribution in [1.29, 1.82) is 0 Å². The summed E-state index contributed by atoms with van der Waals surface area (Å²) >= 11 is 6.99. The van der Waals surface area contributed by atoms with Crippen LogP contribution in [-0.2, 0) is 14.3 Å². The molecule has 9 nitrogen and oxygen atoms in total. The summed E-state index contributed by atoms with van der Waals surface area (Å²) < 4.78 is 15.8. The van der Waals surface area contributed by atoms with Gasteiger partial charge in [0.05, 0.1) is 37.4 Å². The minimum absolute atomic E-state index is 0.181. The summed E-state index contributed by atoms with van der Waals surface area (Å²) in [4.78, 5) is 41.1. The molecular formula is C24H24ClN3O6S. The lowest BCUT2D eigenvalue weighted by atomic mass is 10.2. The quantitative estimate of drug-likeness (QED) is 0.553. The van der Waals surface area contributed by atoms with Gasteiger partial charge in [-0.25, -0.2) is 0 Å². The van der Waals surface area contributed by atoms with Gasteiger partial charge in [-0.15, -0.1) is 0 Å². The number of anilines is 2. The lowest BCUT2D eigenvalue weighted by Gasteiger charge is -2.28. The number of nitrogens with zero attached hydrogens (tertiary/aromatic N) is 2. The Hall–Kier alpha value is -3.21. The highest BCUT2D eigenvalue weighted by molar-refractivity contribution is 8.18. The fourth-order valence-electron chi connectivity index (χ4n) is 3.73. The molecular weight excluding hydrogens is 494 g/mol. The summed E-state index contributed by atoms with van der Waals surface area (Å²) in [5.74, 6) is -0.260. The second-order valence-electron chi connectivity index (χ2n) is 7.70. The van der Waals surface area contributed by atoms with Gasteiger partial charge in [-0.3, -0.25) is 19.3 Å². The minimum atomic E-state index is -0.552. The fraction of sp³-hybridized carbons (Fsp3) is 0.292. The van der Waals surface area contributed by atoms with Crippen molar-refractivity contribution >= 4 is 57.9 Å². The molecule has 3 amide bonds. The lowest BCUT2D eigenvalue weighted by molar-refractivity contribution is -0.127. The van der Waals surface area contributed by atoms with Gasteiger partial charge < -0.3 is 24.4 Å². The molecule has 0 aromatic heterocycles. The van der Waals surface area contributed by atoms with Crippen molar-refractivity contribution < 1.29 is 28.6 Å². The highest BCUT2D eigenvalue weighted by atomic mass is 35.5. The van der Waals surface area contributed by atoms with E-state index in [1.165, 1.54) is 20.3 Å². The van der Waals surface area contributed by atoms with Crippen LogP contribution in [-0.4, -0.2) is 69.0 Å². The third-order valence-corrected chi connectivity index (χ3v) is 6.64. The number of imide groups is 1. The highest BCUT2D eigenvalue weighted by Gasteiger charge is 2.36. The Bertz CT molecular complexity index is 1160. The van der Waals surface area contributed by atoms with Crippen LogP contribution in [0.15, 0.2) is 41.3 Å². The maximum absolute atomic E-state index is 12.8. The molecule has 0 bridgehead atoms. The number of hydrogen-bond donors (Lipinski definition) is 1. The van der Waals surface area contributed by atoms with E-state index >= 15 is 0 Å². The molecule has 2 heterocycles. The number of nitrogens with one attached hydrogen (secondary N) is 1. The third kappa shape index (κ3) is 5.72. The van der Waals surface area contributed by atoms with Crippen molar-refractivity contribution in [3.63, 3.8) is 0 Å². The molecule has 0 atom stereocenters. The Morgan fingerprint density at radius 1 is 1.14 bits per heavy atom. The maximum Gasteiger partial charge on any atom is 0.294 e. The fourth-order valence-corrected chi connectivity index (χ4v) is 4.86. The van der Waals surface area contributed by atoms with Crippen molar-refractivity contribution in [3.8, 4) is 11.5 Å². The number of halogens is 1. The summed E-state index contributed by atoms with van der Waals surface area (Å²) in [5.41, 5.74) is 2.18. The average Bonchev–Trinajstić information content (AvgIpc) is 3.11. The molecule has 1 N–H and O–H groups in total. The molecule has 2 aromatic rings. The number of benzene rings is 2. The molecule has 0 saturated carbocycles. The van der Waals surface area contributed by atoms with Crippen LogP contribution in [0.25, 0.3) is 6.08 Å². The molecule has 11 heteroatoms. The zero-order valence-corrected chi connectivity index (χ0v) is 20.8. The number of rotatable bonds is 7. The van der Waals surface area contributed by atoms with Gasteiger partial charge in [-0.05, 0) is 59.8 Å². The number of methoxy groups -OCH3 is 2. The Morgan fingerprint density at radius 2 is 1.86 bits per heavy atom. The van der Waals surface area contributed by atoms with Crippen molar-refractivity contribution in [3.05, 3.63) is 51.9 Å². The first-order chi connectivity index (χ1) is 16.9. The highest BCUT2D eigenvalue weighted by Crippen LogP contribution is 2.38. The normalized spacial score (nSPS) is 17.2. The molecule has 2 aliphatic heterocycles. The zero-order chi connectivity index (χ0) is 24.9. The molecule has 2 aromatic carbocycles. The first-order valence-electron chi connectivity index (χ1n) is 10.8. The van der Waals surface area contributed by atoms with Gasteiger partial charge >= 0.3 is 0 Å². The molecule has 4 rings (SSSR count). The van der Waals surface area contributed by atoms with Crippen molar-refractivity contribution in [2.75, 3.05) is 57.3 Å². The van der Waals surface area contributed by atoms with Gasteiger partial charge in [-0.1, -0.05) is 11.6 Å². The second kappa shape index (κ2) is 11.0. The lowest BCUT2D eigenvalue weighted by Crippen LogP contribution is -2.36. The zero-order valence-electron chi connectivity index (χ0n) is 19.2. The van der Waals surface area contributed by atoms with Crippen LogP contribution in [0.1, 0.15) is 5.56 Å². The van der Waals surface area contributed by atoms with Gasteiger partial charge in [0, 0.05) is 24.5 Å². The first-order valence-corrected chi connectivity index (χ1v) is 12.0. The SMILES string of the molecule is COc1cc(/C=C2\SC(=O)N(CC(=O)Nc3ccc(N4CCOCC4)cc3)C2=O)cc(Cl)c1OC. The van der Waals surface area contributed by atoms with Gasteiger partial charge in [0.25, 0.3) is 11.1 Å². The average molecular weight is 518 g/mol. The third-order valence-electron chi connectivity index (χ3n) is 5.46. The standard InChI is InChI=1S/C24H24ClN3O6S/c1-32-19-12-15(11-18(25)22(19)33-2)13-20-23(30)28(24(31)35-20)14-21(29)26-16-3-5-17(6-4-16)27-7-9-34-10-8-27/h3-6,11-13H,7-10,14H2,1-2H3,(H,26,29)/b20-13-. The molecule has 0 aliphatic carbocycles. The van der Waals surface area contributed by atoms with E-state index in [1.807, 2.05) is 12.1 Å². The Kier molecular flexibility index (Phi) is 7.84. The number of thioether (sulfide) groups is 1. The Labute approximate surface area is 211 Å². The van der Waals surface area contributed by atoms with Crippen LogP contribution in [0.2, 0.25) is 5.02 Å². The Morgan fingerprint density at radius 3 is 2.51 bits per heavy atom. The van der Waals surface area contributed by atoms with E-state index in [-0.39, 0.29) is 11.4 Å². The number of amides is 3. The molecule has 184 valence electrons. The van der Waals surface area contributed by atoms with Gasteiger partial charge in [0.15, 0.2) is 11.5 Å². The molecule has 2 saturated heterocycles. The second-order valence-corrected chi connectivity index (χ2v) is 9.10. The number of carbonyl (C=O) groups excluding carboxylic acids is 3. The summed E-state index contributed by atoms with van der Waals surface area (Å²) in [6, 6.07) is 10.7. The monoisotopic (exact) mass is 517 g/mol. The van der Waals surface area contributed by atoms with Gasteiger partial charge in [0.1, 0.15) is 6.54 Å². The van der Waals surface area contributed by atoms with Gasteiger partial charge in [-0.2, -0.15) is 0 Å². The van der Waals surface area contributed by atoms with Crippen LogP contribution in [0.5, 0.6) is 11.5 Å². The summed E-state index contributed by atoms with van der Waals surface area (Å²) in [6.07, 6.45) is 1.53. The summed E-state index contributed by atoms with van der Waals surface area (Å²) in [5, 5.41) is 2.51. The van der Waals surface area contributed by atoms with Crippen LogP contribution < -0.4 is 19.7 Å². The van der Waals surface area contributed by atoms with Crippen LogP contribution in [0.4, 0.5) is 16.2 Å². The number of ether oxygens (including phenoxy) is 3. The molecule has 0 unspecified atom stereocenters. The molecule has 0 spiro atoms. The van der Waals surface area contributed by atoms with Crippen LogP contribution in [0, 0.1) is 0 Å². The maximum atomic E-state index is 12.8. The smallest absolute Gasteiger partial charge is 0.294 e. The first kappa shape index (κ1) is 24.9. The number of morpholine rings is 1. The van der Waals surface area contributed by atoms with E-state index in [9.17, 15) is 14.4 Å². The minimum Gasteiger partial charge on any atom is -0.493 e. The van der Waals surface area contributed by atoms with Crippen molar-refractivity contribution in [2.24, 2.45) is 0 Å². The molecule has 0 radical (unpaired) electrons. The largest absolute Gasteiger partial charge is 0.493 e. The summed E-state index contributed by atoms with van der Waals surface area (Å²) in [7, 11) is 2.94. The van der Waals surface area contributed by atoms with E-state index in [1.54, 1.807) is 24.3 Å². The predicted molar refractivity (Wildman–Crippen MR) is 135 cm³/mol. The number of carbonyl (C=O) groups is 3. The van der Waals surface area contributed by atoms with E-state index in [2.05, 4.69) is 10.2 Å². The van der Waals surface area contributed by atoms with Crippen molar-refractivity contribution in [2.45, 2.75) is 0 Å². The molecule has 2 fully saturated rings. The van der Waals surface area contributed by atoms with E-state index in [0.29, 0.717) is 41.0 Å². The summed E-state index contributed by atoms with van der Waals surface area (Å²) in [6.45, 7) is 2.61. The predicted octanol–water partition coefficient (Wildman–Crippen LogP) is 3.87. The molecule has 35 heavy (non-hydrogen) atoms. The molecule has 2 aliphatic rings. The van der Waals surface area contributed by atoms with Crippen LogP contribution in [0.3, 0.4) is 0 Å². The van der Waals surface area contributed by atoms with E-state index in [4.69, 9.17) is 25.8 Å². The van der Waals surface area contributed by atoms with E-state index in [0.717, 1.165) is 35.4 Å². The number of hydrogen-bond acceptors (Lipinski definition) is 8. The van der Waals surface area contributed by atoms with Crippen molar-refractivity contribution in [1.82, 2.24) is 4.90 Å². The topological polar surface area (TPSA) is 97.4 Å². The van der Waals surface area contributed by atoms with Gasteiger partial charge in [0.2, 0.25) is 5.91 Å². The van der Waals surface area contributed by atoms with Crippen LogP contribution >= 0.6 is 23.4 Å². The Balaban J connectivity index is 1.40.